The van der Waals surface area contributed by atoms with Crippen LogP contribution in [-0.4, -0.2) is 32.0 Å². The molecular formula is C28H39NO3. The second-order valence-corrected chi connectivity index (χ2v) is 8.28. The maximum absolute atomic E-state index is 10.1. The quantitative estimate of drug-likeness (QED) is 0.294. The highest BCUT2D eigenvalue weighted by Gasteiger charge is 2.29. The van der Waals surface area contributed by atoms with Gasteiger partial charge in [-0.3, -0.25) is 0 Å². The zero-order valence-electron chi connectivity index (χ0n) is 20.3. The van der Waals surface area contributed by atoms with Crippen LogP contribution >= 0.6 is 0 Å². The van der Waals surface area contributed by atoms with Crippen molar-refractivity contribution in [3.8, 4) is 5.75 Å². The minimum atomic E-state index is 0.0604. The molecule has 2 rings (SSSR count). The zero-order chi connectivity index (χ0) is 23.5. The van der Waals surface area contributed by atoms with Gasteiger partial charge in [0.25, 0.3) is 0 Å². The molecule has 0 fully saturated rings. The van der Waals surface area contributed by atoms with Crippen LogP contribution in [0.25, 0.3) is 0 Å². The van der Waals surface area contributed by atoms with E-state index in [-0.39, 0.29) is 11.7 Å². The number of ether oxygens (including phenoxy) is 2. The summed E-state index contributed by atoms with van der Waals surface area (Å²) < 4.78 is 11.0. The molecule has 4 nitrogen and oxygen atoms in total. The van der Waals surface area contributed by atoms with Gasteiger partial charge < -0.3 is 19.9 Å². The molecule has 1 aromatic carbocycles. The van der Waals surface area contributed by atoms with Crippen LogP contribution < -0.4 is 5.32 Å². The van der Waals surface area contributed by atoms with Gasteiger partial charge in [-0.2, -0.15) is 0 Å². The Labute approximate surface area is 194 Å². The molecule has 174 valence electrons. The maximum atomic E-state index is 10.1. The molecule has 2 atom stereocenters. The van der Waals surface area contributed by atoms with E-state index in [9.17, 15) is 5.11 Å². The van der Waals surface area contributed by atoms with E-state index in [2.05, 4.69) is 50.9 Å². The SMILES string of the molecule is C=C(/C=C\C=C/C)C(CC)CC1=C(C)C(c2cccc(O)c2)C(COCCOC)=C(C)N1. The topological polar surface area (TPSA) is 50.7 Å². The minimum absolute atomic E-state index is 0.0604. The maximum Gasteiger partial charge on any atom is 0.115 e. The minimum Gasteiger partial charge on any atom is -0.508 e. The first-order valence-corrected chi connectivity index (χ1v) is 11.4. The number of phenols is 1. The summed E-state index contributed by atoms with van der Waals surface area (Å²) in [6.45, 7) is 14.5. The van der Waals surface area contributed by atoms with E-state index in [4.69, 9.17) is 9.47 Å². The Morgan fingerprint density at radius 2 is 2.03 bits per heavy atom. The van der Waals surface area contributed by atoms with Crippen LogP contribution in [0.4, 0.5) is 0 Å². The molecular weight excluding hydrogens is 398 g/mol. The molecule has 0 aliphatic carbocycles. The summed E-state index contributed by atoms with van der Waals surface area (Å²) in [6.07, 6.45) is 10.1. The number of hydrogen-bond acceptors (Lipinski definition) is 4. The lowest BCUT2D eigenvalue weighted by Crippen LogP contribution is -2.28. The van der Waals surface area contributed by atoms with E-state index < -0.39 is 0 Å². The number of nitrogens with one attached hydrogen (secondary N) is 1. The van der Waals surface area contributed by atoms with Crippen LogP contribution in [0, 0.1) is 5.92 Å². The van der Waals surface area contributed by atoms with E-state index in [1.54, 1.807) is 13.2 Å². The van der Waals surface area contributed by atoms with E-state index in [1.807, 2.05) is 31.2 Å². The fraction of sp³-hybridized carbons (Fsp3) is 0.429. The van der Waals surface area contributed by atoms with Gasteiger partial charge in [-0.05, 0) is 68.4 Å². The molecule has 4 heteroatoms. The Kier molecular flexibility index (Phi) is 10.5. The van der Waals surface area contributed by atoms with Crippen molar-refractivity contribution in [2.24, 2.45) is 5.92 Å². The molecule has 2 N–H and O–H groups in total. The van der Waals surface area contributed by atoms with Gasteiger partial charge in [0.1, 0.15) is 5.75 Å². The lowest BCUT2D eigenvalue weighted by atomic mass is 9.79. The molecule has 2 unspecified atom stereocenters. The predicted molar refractivity (Wildman–Crippen MR) is 134 cm³/mol. The van der Waals surface area contributed by atoms with E-state index in [1.165, 1.54) is 16.8 Å². The summed E-state index contributed by atoms with van der Waals surface area (Å²) in [7, 11) is 1.68. The van der Waals surface area contributed by atoms with Crippen molar-refractivity contribution in [2.75, 3.05) is 26.9 Å². The van der Waals surface area contributed by atoms with Crippen molar-refractivity contribution < 1.29 is 14.6 Å². The molecule has 0 spiro atoms. The van der Waals surface area contributed by atoms with Crippen LogP contribution in [0.15, 0.2) is 83.3 Å². The highest BCUT2D eigenvalue weighted by Crippen LogP contribution is 2.40. The second kappa shape index (κ2) is 13.1. The number of allylic oxidation sites excluding steroid dienone is 8. The van der Waals surface area contributed by atoms with Gasteiger partial charge >= 0.3 is 0 Å². The fourth-order valence-corrected chi connectivity index (χ4v) is 4.15. The van der Waals surface area contributed by atoms with Gasteiger partial charge in [-0.1, -0.05) is 55.5 Å². The predicted octanol–water partition coefficient (Wildman–Crippen LogP) is 6.39. The second-order valence-electron chi connectivity index (χ2n) is 8.28. The van der Waals surface area contributed by atoms with Crippen LogP contribution in [-0.2, 0) is 9.47 Å². The summed E-state index contributed by atoms with van der Waals surface area (Å²) in [4.78, 5) is 0. The molecule has 0 aromatic heterocycles. The highest BCUT2D eigenvalue weighted by molar-refractivity contribution is 5.47. The number of rotatable bonds is 12. The first-order chi connectivity index (χ1) is 15.4. The first-order valence-electron chi connectivity index (χ1n) is 11.4. The standard InChI is InChI=1S/C28H39NO3/c1-7-9-10-12-20(3)23(8-2)18-27-21(4)28(24-13-11-14-25(30)17-24)26(22(5)29-27)19-32-16-15-31-6/h7,9-14,17,23,28-30H,3,8,15-16,18-19H2,1-2,4-6H3/b9-7-,12-10-. The normalized spacial score (nSPS) is 18.0. The van der Waals surface area contributed by atoms with Crippen molar-refractivity contribution in [1.29, 1.82) is 0 Å². The van der Waals surface area contributed by atoms with Crippen molar-refractivity contribution in [3.05, 3.63) is 88.8 Å². The number of aromatic hydroxyl groups is 1. The van der Waals surface area contributed by atoms with Crippen LogP contribution in [0.1, 0.15) is 52.0 Å². The molecule has 1 aliphatic heterocycles. The molecule has 1 aromatic rings. The van der Waals surface area contributed by atoms with Crippen molar-refractivity contribution in [2.45, 2.75) is 46.5 Å². The van der Waals surface area contributed by atoms with Crippen LogP contribution in [0.5, 0.6) is 5.75 Å². The van der Waals surface area contributed by atoms with Crippen molar-refractivity contribution >= 4 is 0 Å². The molecule has 1 aliphatic rings. The van der Waals surface area contributed by atoms with Crippen LogP contribution in [0.2, 0.25) is 0 Å². The third-order valence-electron chi connectivity index (χ3n) is 6.05. The number of phenolic OH excluding ortho intramolecular Hbond substituents is 1. The molecule has 0 saturated heterocycles. The van der Waals surface area contributed by atoms with E-state index in [0.717, 1.165) is 29.7 Å². The molecule has 32 heavy (non-hydrogen) atoms. The average molecular weight is 438 g/mol. The molecule has 0 amide bonds. The van der Waals surface area contributed by atoms with Gasteiger partial charge in [0.15, 0.2) is 0 Å². The Morgan fingerprint density at radius 1 is 1.25 bits per heavy atom. The van der Waals surface area contributed by atoms with Gasteiger partial charge in [0.2, 0.25) is 0 Å². The molecule has 0 bridgehead atoms. The average Bonchev–Trinajstić information content (AvgIpc) is 2.77. The monoisotopic (exact) mass is 437 g/mol. The van der Waals surface area contributed by atoms with Gasteiger partial charge in [-0.25, -0.2) is 0 Å². The molecule has 0 saturated carbocycles. The Hall–Kier alpha value is -2.56. The third-order valence-corrected chi connectivity index (χ3v) is 6.05. The van der Waals surface area contributed by atoms with E-state index >= 15 is 0 Å². The first kappa shape index (κ1) is 25.7. The summed E-state index contributed by atoms with van der Waals surface area (Å²) in [6, 6.07) is 7.55. The van der Waals surface area contributed by atoms with Gasteiger partial charge in [-0.15, -0.1) is 0 Å². The van der Waals surface area contributed by atoms with E-state index in [0.29, 0.717) is 25.7 Å². The van der Waals surface area contributed by atoms with Crippen LogP contribution in [0.3, 0.4) is 0 Å². The zero-order valence-corrected chi connectivity index (χ0v) is 20.3. The summed E-state index contributed by atoms with van der Waals surface area (Å²) in [5.41, 5.74) is 7.00. The van der Waals surface area contributed by atoms with Crippen molar-refractivity contribution in [1.82, 2.24) is 5.32 Å². The summed E-state index contributed by atoms with van der Waals surface area (Å²) in [5, 5.41) is 13.8. The lowest BCUT2D eigenvalue weighted by molar-refractivity contribution is 0.0804. The molecule has 1 heterocycles. The Morgan fingerprint density at radius 3 is 2.69 bits per heavy atom. The number of benzene rings is 1. The lowest BCUT2D eigenvalue weighted by Gasteiger charge is -2.34. The Bertz CT molecular complexity index is 892. The number of dihydropyridines is 1. The smallest absolute Gasteiger partial charge is 0.115 e. The Balaban J connectivity index is 2.35. The largest absolute Gasteiger partial charge is 0.508 e. The molecule has 0 radical (unpaired) electrons. The third kappa shape index (κ3) is 6.98. The number of hydrogen-bond donors (Lipinski definition) is 2. The fourth-order valence-electron chi connectivity index (χ4n) is 4.15. The van der Waals surface area contributed by atoms with Gasteiger partial charge in [0.05, 0.1) is 19.8 Å². The van der Waals surface area contributed by atoms with Gasteiger partial charge in [0, 0.05) is 24.4 Å². The highest BCUT2D eigenvalue weighted by atomic mass is 16.5. The summed E-state index contributed by atoms with van der Waals surface area (Å²) >= 11 is 0. The number of methoxy groups -OCH3 is 1. The van der Waals surface area contributed by atoms with Crippen molar-refractivity contribution in [3.63, 3.8) is 0 Å². The summed E-state index contributed by atoms with van der Waals surface area (Å²) in [5.74, 6) is 0.693.